The summed E-state index contributed by atoms with van der Waals surface area (Å²) in [7, 11) is 0. The minimum Gasteiger partial charge on any atom is -0.330 e. The minimum atomic E-state index is 0.375. The van der Waals surface area contributed by atoms with Crippen molar-refractivity contribution >= 4 is 15.9 Å². The fourth-order valence-corrected chi connectivity index (χ4v) is 1.90. The first-order valence-corrected chi connectivity index (χ1v) is 4.91. The van der Waals surface area contributed by atoms with Crippen molar-refractivity contribution < 1.29 is 0 Å². The van der Waals surface area contributed by atoms with E-state index >= 15 is 0 Å². The van der Waals surface area contributed by atoms with Crippen LogP contribution in [0.4, 0.5) is 0 Å². The van der Waals surface area contributed by atoms with Gasteiger partial charge in [-0.1, -0.05) is 6.92 Å². The highest BCUT2D eigenvalue weighted by Crippen LogP contribution is 2.23. The van der Waals surface area contributed by atoms with Crippen LogP contribution in [-0.2, 0) is 6.54 Å². The van der Waals surface area contributed by atoms with Crippen LogP contribution in [0.3, 0.4) is 0 Å². The van der Waals surface area contributed by atoms with Gasteiger partial charge >= 0.3 is 0 Å². The van der Waals surface area contributed by atoms with Gasteiger partial charge in [-0.3, -0.25) is 4.68 Å². The van der Waals surface area contributed by atoms with Gasteiger partial charge in [-0.05, 0) is 35.3 Å². The molecule has 0 fully saturated rings. The van der Waals surface area contributed by atoms with E-state index in [0.29, 0.717) is 12.5 Å². The molecule has 4 heteroatoms. The van der Waals surface area contributed by atoms with E-state index in [1.807, 2.05) is 10.9 Å². The number of rotatable bonds is 3. The summed E-state index contributed by atoms with van der Waals surface area (Å²) >= 11 is 3.50. The van der Waals surface area contributed by atoms with Crippen molar-refractivity contribution in [1.29, 1.82) is 0 Å². The smallest absolute Gasteiger partial charge is 0.107 e. The molecule has 12 heavy (non-hydrogen) atoms. The van der Waals surface area contributed by atoms with Crippen molar-refractivity contribution in [2.45, 2.75) is 26.3 Å². The average molecular weight is 232 g/mol. The van der Waals surface area contributed by atoms with Gasteiger partial charge in [-0.15, -0.1) is 0 Å². The van der Waals surface area contributed by atoms with E-state index in [2.05, 4.69) is 34.9 Å². The highest BCUT2D eigenvalue weighted by atomic mass is 79.9. The van der Waals surface area contributed by atoms with Gasteiger partial charge in [0.05, 0.1) is 6.20 Å². The number of halogens is 1. The molecule has 0 aliphatic carbocycles. The van der Waals surface area contributed by atoms with Gasteiger partial charge in [0.15, 0.2) is 0 Å². The van der Waals surface area contributed by atoms with Gasteiger partial charge in [0.2, 0.25) is 0 Å². The molecule has 1 aromatic rings. The summed E-state index contributed by atoms with van der Waals surface area (Å²) in [5.41, 5.74) is 6.76. The highest BCUT2D eigenvalue weighted by molar-refractivity contribution is 9.10. The Hall–Kier alpha value is -0.350. The molecular weight excluding hydrogens is 218 g/mol. The van der Waals surface area contributed by atoms with E-state index in [4.69, 9.17) is 5.73 Å². The second-order valence-corrected chi connectivity index (χ2v) is 3.59. The molecule has 0 amide bonds. The van der Waals surface area contributed by atoms with Crippen LogP contribution in [0, 0.1) is 0 Å². The Morgan fingerprint density at radius 1 is 1.75 bits per heavy atom. The molecule has 0 saturated heterocycles. The van der Waals surface area contributed by atoms with E-state index in [0.717, 1.165) is 11.1 Å². The Bertz CT molecular complexity index is 257. The molecule has 1 unspecified atom stereocenters. The predicted octanol–water partition coefficient (Wildman–Crippen LogP) is 1.73. The molecule has 0 bridgehead atoms. The Labute approximate surface area is 81.1 Å². The Kier molecular flexibility index (Phi) is 3.29. The number of aryl methyl sites for hydroxylation is 1. The van der Waals surface area contributed by atoms with Crippen molar-refractivity contribution in [3.63, 3.8) is 0 Å². The zero-order valence-corrected chi connectivity index (χ0v) is 9.00. The molecule has 1 rings (SSSR count). The summed E-state index contributed by atoms with van der Waals surface area (Å²) in [5.74, 6) is 0.375. The minimum absolute atomic E-state index is 0.375. The third-order valence-corrected chi connectivity index (χ3v) is 2.85. The maximum atomic E-state index is 5.57. The largest absolute Gasteiger partial charge is 0.330 e. The summed E-state index contributed by atoms with van der Waals surface area (Å²) in [6.07, 6.45) is 1.88. The summed E-state index contributed by atoms with van der Waals surface area (Å²) in [4.78, 5) is 0. The number of hydrogen-bond acceptors (Lipinski definition) is 2. The Morgan fingerprint density at radius 2 is 2.42 bits per heavy atom. The zero-order chi connectivity index (χ0) is 9.14. The number of hydrogen-bond donors (Lipinski definition) is 1. The fourth-order valence-electron chi connectivity index (χ4n) is 1.06. The quantitative estimate of drug-likeness (QED) is 0.862. The molecule has 0 aliphatic rings. The lowest BCUT2D eigenvalue weighted by molar-refractivity contribution is 0.641. The lowest BCUT2D eigenvalue weighted by atomic mass is 10.1. The number of nitrogens with zero attached hydrogens (tertiary/aromatic N) is 2. The van der Waals surface area contributed by atoms with Crippen LogP contribution in [0.25, 0.3) is 0 Å². The fraction of sp³-hybridized carbons (Fsp3) is 0.625. The lowest BCUT2D eigenvalue weighted by Gasteiger charge is -2.06. The van der Waals surface area contributed by atoms with Gasteiger partial charge in [-0.25, -0.2) is 0 Å². The molecule has 68 valence electrons. The van der Waals surface area contributed by atoms with Crippen molar-refractivity contribution in [2.24, 2.45) is 5.73 Å². The van der Waals surface area contributed by atoms with Gasteiger partial charge in [0.25, 0.3) is 0 Å². The molecular formula is C8H14BrN3. The number of aromatic nitrogens is 2. The normalized spacial score (nSPS) is 13.3. The van der Waals surface area contributed by atoms with Crippen LogP contribution in [0.2, 0.25) is 0 Å². The van der Waals surface area contributed by atoms with Crippen LogP contribution >= 0.6 is 15.9 Å². The van der Waals surface area contributed by atoms with Gasteiger partial charge in [0.1, 0.15) is 4.60 Å². The van der Waals surface area contributed by atoms with Crippen LogP contribution in [0.5, 0.6) is 0 Å². The van der Waals surface area contributed by atoms with E-state index in [9.17, 15) is 0 Å². The SMILES string of the molecule is CCn1ncc(C(C)CN)c1Br. The molecule has 0 saturated carbocycles. The molecule has 1 heterocycles. The molecule has 0 radical (unpaired) electrons. The molecule has 0 aliphatic heterocycles. The van der Waals surface area contributed by atoms with E-state index < -0.39 is 0 Å². The second kappa shape index (κ2) is 4.05. The average Bonchev–Trinajstić information content (AvgIpc) is 2.45. The van der Waals surface area contributed by atoms with Crippen LogP contribution in [0.1, 0.15) is 25.3 Å². The summed E-state index contributed by atoms with van der Waals surface area (Å²) in [6, 6.07) is 0. The first-order chi connectivity index (χ1) is 5.70. The first kappa shape index (κ1) is 9.74. The van der Waals surface area contributed by atoms with Crippen molar-refractivity contribution in [1.82, 2.24) is 9.78 Å². The van der Waals surface area contributed by atoms with Crippen LogP contribution in [0.15, 0.2) is 10.8 Å². The summed E-state index contributed by atoms with van der Waals surface area (Å²) in [5, 5.41) is 4.22. The molecule has 0 aromatic carbocycles. The first-order valence-electron chi connectivity index (χ1n) is 4.12. The van der Waals surface area contributed by atoms with E-state index in [1.165, 1.54) is 5.56 Å². The molecule has 3 nitrogen and oxygen atoms in total. The molecule has 2 N–H and O–H groups in total. The molecule has 1 atom stereocenters. The van der Waals surface area contributed by atoms with E-state index in [-0.39, 0.29) is 0 Å². The summed E-state index contributed by atoms with van der Waals surface area (Å²) in [6.45, 7) is 5.71. The van der Waals surface area contributed by atoms with Crippen molar-refractivity contribution in [3.8, 4) is 0 Å². The topological polar surface area (TPSA) is 43.8 Å². The maximum Gasteiger partial charge on any atom is 0.107 e. The third kappa shape index (κ3) is 1.69. The lowest BCUT2D eigenvalue weighted by Crippen LogP contribution is -2.09. The van der Waals surface area contributed by atoms with Crippen LogP contribution < -0.4 is 5.73 Å². The van der Waals surface area contributed by atoms with Crippen molar-refractivity contribution in [3.05, 3.63) is 16.4 Å². The van der Waals surface area contributed by atoms with Crippen LogP contribution in [-0.4, -0.2) is 16.3 Å². The number of nitrogens with two attached hydrogens (primary N) is 1. The maximum absolute atomic E-state index is 5.57. The van der Waals surface area contributed by atoms with Gasteiger partial charge < -0.3 is 5.73 Å². The molecule has 0 spiro atoms. The molecule has 1 aromatic heterocycles. The Morgan fingerprint density at radius 3 is 2.83 bits per heavy atom. The standard InChI is InChI=1S/C8H14BrN3/c1-3-12-8(9)7(5-11-12)6(2)4-10/h5-6H,3-4,10H2,1-2H3. The van der Waals surface area contributed by atoms with Gasteiger partial charge in [0, 0.05) is 12.1 Å². The van der Waals surface area contributed by atoms with E-state index in [1.54, 1.807) is 0 Å². The predicted molar refractivity (Wildman–Crippen MR) is 53.1 cm³/mol. The van der Waals surface area contributed by atoms with Gasteiger partial charge in [-0.2, -0.15) is 5.10 Å². The van der Waals surface area contributed by atoms with Crippen molar-refractivity contribution in [2.75, 3.05) is 6.54 Å². The third-order valence-electron chi connectivity index (χ3n) is 1.99. The zero-order valence-electron chi connectivity index (χ0n) is 7.42. The second-order valence-electron chi connectivity index (χ2n) is 2.84. The Balaban J connectivity index is 2.93. The summed E-state index contributed by atoms with van der Waals surface area (Å²) < 4.78 is 2.98. The monoisotopic (exact) mass is 231 g/mol. The highest BCUT2D eigenvalue weighted by Gasteiger charge is 2.11.